The van der Waals surface area contributed by atoms with Crippen LogP contribution in [-0.2, 0) is 18.3 Å². The first-order valence-electron chi connectivity index (χ1n) is 4.54. The van der Waals surface area contributed by atoms with Gasteiger partial charge in [-0.25, -0.2) is 0 Å². The minimum atomic E-state index is -0.847. The summed E-state index contributed by atoms with van der Waals surface area (Å²) in [4.78, 5) is 13.6. The molecular formula is C10H11N3O2. The van der Waals surface area contributed by atoms with Crippen molar-refractivity contribution in [2.45, 2.75) is 6.42 Å². The van der Waals surface area contributed by atoms with Gasteiger partial charge in [0.05, 0.1) is 12.1 Å². The van der Waals surface area contributed by atoms with E-state index in [1.165, 1.54) is 0 Å². The third kappa shape index (κ3) is 1.90. The average Bonchev–Trinajstić information content (AvgIpc) is 2.72. The van der Waals surface area contributed by atoms with Crippen LogP contribution in [0.1, 0.15) is 5.56 Å². The highest BCUT2D eigenvalue weighted by Gasteiger charge is 2.12. The lowest BCUT2D eigenvalue weighted by atomic mass is 10.1. The summed E-state index contributed by atoms with van der Waals surface area (Å²) in [6.45, 7) is 0. The molecule has 5 heteroatoms. The molecule has 2 N–H and O–H groups in total. The number of nitrogens with zero attached hydrogens (tertiary/aromatic N) is 2. The van der Waals surface area contributed by atoms with Gasteiger partial charge in [0.1, 0.15) is 0 Å². The molecule has 78 valence electrons. The van der Waals surface area contributed by atoms with Crippen LogP contribution in [0.25, 0.3) is 11.3 Å². The van der Waals surface area contributed by atoms with E-state index in [1.54, 1.807) is 30.3 Å². The number of aromatic amines is 1. The minimum Gasteiger partial charge on any atom is -0.481 e. The molecule has 0 bridgehead atoms. The monoisotopic (exact) mass is 205 g/mol. The van der Waals surface area contributed by atoms with E-state index in [9.17, 15) is 4.79 Å². The second-order valence-electron chi connectivity index (χ2n) is 3.35. The summed E-state index contributed by atoms with van der Waals surface area (Å²) in [7, 11) is 1.78. The van der Waals surface area contributed by atoms with Crippen molar-refractivity contribution in [3.05, 3.63) is 30.2 Å². The molecule has 0 saturated carbocycles. The third-order valence-corrected chi connectivity index (χ3v) is 2.12. The maximum atomic E-state index is 10.7. The van der Waals surface area contributed by atoms with E-state index in [-0.39, 0.29) is 6.42 Å². The lowest BCUT2D eigenvalue weighted by molar-refractivity contribution is -0.136. The number of nitrogens with one attached hydrogen (secondary N) is 1. The van der Waals surface area contributed by atoms with E-state index in [0.29, 0.717) is 0 Å². The molecule has 0 radical (unpaired) electrons. The Balaban J connectivity index is 2.42. The predicted octanol–water partition coefficient (Wildman–Crippen LogP) is 1.04. The second kappa shape index (κ2) is 3.61. The number of hydrogen-bond donors (Lipinski definition) is 2. The van der Waals surface area contributed by atoms with Gasteiger partial charge in [-0.05, 0) is 6.07 Å². The summed E-state index contributed by atoms with van der Waals surface area (Å²) in [6.07, 6.45) is 5.31. The molecule has 0 saturated heterocycles. The van der Waals surface area contributed by atoms with Gasteiger partial charge in [0.2, 0.25) is 0 Å². The first kappa shape index (κ1) is 9.51. The number of H-pyrrole nitrogens is 1. The zero-order valence-corrected chi connectivity index (χ0v) is 8.27. The first-order valence-corrected chi connectivity index (χ1v) is 4.54. The number of carboxylic acid groups (broad SMARTS) is 1. The molecule has 0 aromatic carbocycles. The number of aryl methyl sites for hydroxylation is 1. The van der Waals surface area contributed by atoms with Gasteiger partial charge in [-0.15, -0.1) is 0 Å². The molecular weight excluding hydrogens is 194 g/mol. The second-order valence-corrected chi connectivity index (χ2v) is 3.35. The van der Waals surface area contributed by atoms with Gasteiger partial charge in [-0.1, -0.05) is 0 Å². The van der Waals surface area contributed by atoms with Gasteiger partial charge >= 0.3 is 5.97 Å². The quantitative estimate of drug-likeness (QED) is 0.786. The number of rotatable bonds is 3. The standard InChI is InChI=1S/C10H11N3O2/c1-13-6-8(4-9(14)15)10(12-13)7-2-3-11-5-7/h2-3,5-6,11H,4H2,1H3,(H,14,15). The van der Waals surface area contributed by atoms with Crippen LogP contribution < -0.4 is 0 Å². The Morgan fingerprint density at radius 2 is 2.47 bits per heavy atom. The number of carboxylic acids is 1. The molecule has 0 unspecified atom stereocenters. The van der Waals surface area contributed by atoms with Gasteiger partial charge in [0, 0.05) is 36.8 Å². The number of aromatic nitrogens is 3. The Morgan fingerprint density at radius 3 is 3.07 bits per heavy atom. The van der Waals surface area contributed by atoms with Crippen LogP contribution in [0, 0.1) is 0 Å². The smallest absolute Gasteiger partial charge is 0.307 e. The fourth-order valence-corrected chi connectivity index (χ4v) is 1.54. The molecule has 0 aliphatic rings. The molecule has 2 aromatic heterocycles. The Hall–Kier alpha value is -2.04. The van der Waals surface area contributed by atoms with Crippen molar-refractivity contribution in [3.63, 3.8) is 0 Å². The summed E-state index contributed by atoms with van der Waals surface area (Å²) in [5.74, 6) is -0.847. The van der Waals surface area contributed by atoms with E-state index < -0.39 is 5.97 Å². The third-order valence-electron chi connectivity index (χ3n) is 2.12. The minimum absolute atomic E-state index is 0.00560. The van der Waals surface area contributed by atoms with Crippen LogP contribution in [0.3, 0.4) is 0 Å². The molecule has 0 amide bonds. The largest absolute Gasteiger partial charge is 0.481 e. The molecule has 2 heterocycles. The van der Waals surface area contributed by atoms with E-state index in [1.807, 2.05) is 6.07 Å². The molecule has 0 aliphatic heterocycles. The zero-order chi connectivity index (χ0) is 10.8. The van der Waals surface area contributed by atoms with Crippen LogP contribution in [0.5, 0.6) is 0 Å². The van der Waals surface area contributed by atoms with Crippen LogP contribution in [0.4, 0.5) is 0 Å². The van der Waals surface area contributed by atoms with Crippen molar-refractivity contribution in [2.75, 3.05) is 0 Å². The normalized spacial score (nSPS) is 10.5. The van der Waals surface area contributed by atoms with Gasteiger partial charge in [-0.3, -0.25) is 9.48 Å². The molecule has 2 rings (SSSR count). The van der Waals surface area contributed by atoms with E-state index in [0.717, 1.165) is 16.8 Å². The Morgan fingerprint density at radius 1 is 1.67 bits per heavy atom. The fourth-order valence-electron chi connectivity index (χ4n) is 1.54. The van der Waals surface area contributed by atoms with Gasteiger partial charge < -0.3 is 10.1 Å². The van der Waals surface area contributed by atoms with Crippen molar-refractivity contribution in [2.24, 2.45) is 7.05 Å². The molecule has 2 aromatic rings. The van der Waals surface area contributed by atoms with Crippen molar-refractivity contribution in [1.29, 1.82) is 0 Å². The van der Waals surface area contributed by atoms with Gasteiger partial charge in [-0.2, -0.15) is 5.10 Å². The molecule has 0 fully saturated rings. The summed E-state index contributed by atoms with van der Waals surface area (Å²) in [5, 5.41) is 13.0. The number of carbonyl (C=O) groups is 1. The highest BCUT2D eigenvalue weighted by atomic mass is 16.4. The Bertz CT molecular complexity index is 471. The predicted molar refractivity (Wildman–Crippen MR) is 54.3 cm³/mol. The van der Waals surface area contributed by atoms with E-state index in [4.69, 9.17) is 5.11 Å². The lowest BCUT2D eigenvalue weighted by Crippen LogP contribution is -2.00. The fraction of sp³-hybridized carbons (Fsp3) is 0.200. The molecule has 0 aliphatic carbocycles. The molecule has 5 nitrogen and oxygen atoms in total. The van der Waals surface area contributed by atoms with Crippen molar-refractivity contribution >= 4 is 5.97 Å². The summed E-state index contributed by atoms with van der Waals surface area (Å²) < 4.78 is 1.63. The number of hydrogen-bond acceptors (Lipinski definition) is 2. The summed E-state index contributed by atoms with van der Waals surface area (Å²) in [6, 6.07) is 1.87. The molecule has 0 atom stereocenters. The number of aliphatic carboxylic acids is 1. The average molecular weight is 205 g/mol. The molecule has 15 heavy (non-hydrogen) atoms. The van der Waals surface area contributed by atoms with Crippen LogP contribution in [0.15, 0.2) is 24.7 Å². The van der Waals surface area contributed by atoms with Crippen LogP contribution in [-0.4, -0.2) is 25.8 Å². The maximum absolute atomic E-state index is 10.7. The lowest BCUT2D eigenvalue weighted by Gasteiger charge is -1.95. The highest BCUT2D eigenvalue weighted by molar-refractivity contribution is 5.74. The maximum Gasteiger partial charge on any atom is 0.307 e. The van der Waals surface area contributed by atoms with Crippen molar-refractivity contribution < 1.29 is 9.90 Å². The van der Waals surface area contributed by atoms with Crippen molar-refractivity contribution in [1.82, 2.24) is 14.8 Å². The highest BCUT2D eigenvalue weighted by Crippen LogP contribution is 2.21. The zero-order valence-electron chi connectivity index (χ0n) is 8.27. The Labute approximate surface area is 86.4 Å². The summed E-state index contributed by atoms with van der Waals surface area (Å²) >= 11 is 0. The van der Waals surface area contributed by atoms with Crippen molar-refractivity contribution in [3.8, 4) is 11.3 Å². The Kier molecular flexibility index (Phi) is 2.29. The topological polar surface area (TPSA) is 70.9 Å². The van der Waals surface area contributed by atoms with Gasteiger partial charge in [0.15, 0.2) is 0 Å². The van der Waals surface area contributed by atoms with Crippen LogP contribution >= 0.6 is 0 Å². The summed E-state index contributed by atoms with van der Waals surface area (Å²) in [5.41, 5.74) is 2.36. The SMILES string of the molecule is Cn1cc(CC(=O)O)c(-c2cc[nH]c2)n1. The van der Waals surface area contributed by atoms with E-state index in [2.05, 4.69) is 10.1 Å². The van der Waals surface area contributed by atoms with E-state index >= 15 is 0 Å². The van der Waals surface area contributed by atoms with Gasteiger partial charge in [0.25, 0.3) is 0 Å². The molecule has 0 spiro atoms. The first-order chi connectivity index (χ1) is 7.16. The van der Waals surface area contributed by atoms with Crippen LogP contribution in [0.2, 0.25) is 0 Å².